The highest BCUT2D eigenvalue weighted by Crippen LogP contribution is 2.45. The van der Waals surface area contributed by atoms with Crippen LogP contribution < -0.4 is 14.2 Å². The van der Waals surface area contributed by atoms with Gasteiger partial charge >= 0.3 is 23.9 Å². The number of rotatable bonds is 13. The van der Waals surface area contributed by atoms with Gasteiger partial charge in [-0.05, 0) is 175 Å². The maximum Gasteiger partial charge on any atom is 0.346 e. The summed E-state index contributed by atoms with van der Waals surface area (Å²) in [7, 11) is 1.60. The van der Waals surface area contributed by atoms with Gasteiger partial charge in [-0.1, -0.05) is 46.1 Å². The maximum atomic E-state index is 14.1. The number of methoxy groups -OCH3 is 1. The number of nitrogens with zero attached hydrogens (tertiary/aromatic N) is 1. The number of halogens is 1. The molecule has 324 valence electrons. The number of hydrogen-bond donors (Lipinski definition) is 2. The minimum absolute atomic E-state index is 0.0372. The number of allylic oxidation sites excluding steroid dienone is 5. The Bertz CT molecular complexity index is 2390. The Hall–Kier alpha value is -6.08. The molecule has 1 unspecified atom stereocenters. The van der Waals surface area contributed by atoms with Gasteiger partial charge in [0.2, 0.25) is 0 Å². The van der Waals surface area contributed by atoms with E-state index in [1.807, 2.05) is 20.8 Å². The van der Waals surface area contributed by atoms with Crippen LogP contribution in [0, 0.1) is 72.1 Å². The first-order valence-electron chi connectivity index (χ1n) is 19.5. The van der Waals surface area contributed by atoms with E-state index < -0.39 is 29.8 Å². The largest absolute Gasteiger partial charge is 0.511 e. The van der Waals surface area contributed by atoms with E-state index in [2.05, 4.69) is 39.0 Å². The number of hydrogen-bond acceptors (Lipinski definition) is 11. The van der Waals surface area contributed by atoms with Crippen LogP contribution in [0.25, 0.3) is 0 Å². The highest BCUT2D eigenvalue weighted by atomic mass is 79.9. The van der Waals surface area contributed by atoms with E-state index in [1.54, 1.807) is 93.1 Å². The second-order valence-electron chi connectivity index (χ2n) is 15.1. The fourth-order valence-electron chi connectivity index (χ4n) is 7.17. The van der Waals surface area contributed by atoms with Gasteiger partial charge in [-0.2, -0.15) is 0 Å². The Kier molecular flexibility index (Phi) is 16.9. The van der Waals surface area contributed by atoms with Crippen LogP contribution in [0.1, 0.15) is 108 Å². The quantitative estimate of drug-likeness (QED) is 0.0549. The van der Waals surface area contributed by atoms with E-state index in [0.717, 1.165) is 0 Å². The highest BCUT2D eigenvalue weighted by Gasteiger charge is 2.34. The molecule has 2 N–H and O–H groups in total. The molecule has 0 saturated heterocycles. The molecule has 0 aromatic heterocycles. The number of aromatic carboxylic acids is 1. The summed E-state index contributed by atoms with van der Waals surface area (Å²) >= 11 is 3.33. The maximum absolute atomic E-state index is 14.1. The third-order valence-electron chi connectivity index (χ3n) is 10.6. The lowest BCUT2D eigenvalue weighted by Gasteiger charge is -2.23. The molecule has 0 radical (unpaired) electrons. The lowest BCUT2D eigenvalue weighted by molar-refractivity contribution is -0.137. The first-order valence-corrected chi connectivity index (χ1v) is 20.3. The van der Waals surface area contributed by atoms with Crippen molar-refractivity contribution in [1.29, 1.82) is 0 Å². The molecular weight excluding hydrogens is 846 g/mol. The van der Waals surface area contributed by atoms with Crippen LogP contribution in [0.5, 0.6) is 17.2 Å². The minimum Gasteiger partial charge on any atom is -0.511 e. The zero-order chi connectivity index (χ0) is 46.2. The number of carboxylic acid groups (broad SMARTS) is 1. The zero-order valence-corrected chi connectivity index (χ0v) is 38.4. The van der Waals surface area contributed by atoms with Crippen molar-refractivity contribution in [2.24, 2.45) is 17.0 Å². The van der Waals surface area contributed by atoms with Gasteiger partial charge in [-0.3, -0.25) is 4.79 Å². The van der Waals surface area contributed by atoms with Crippen molar-refractivity contribution in [1.82, 2.24) is 0 Å². The van der Waals surface area contributed by atoms with E-state index in [9.17, 15) is 34.3 Å². The summed E-state index contributed by atoms with van der Waals surface area (Å²) in [6.07, 6.45) is 8.89. The average molecular weight is 901 g/mol. The Labute approximate surface area is 365 Å². The lowest BCUT2D eigenvalue weighted by Crippen LogP contribution is -2.26. The van der Waals surface area contributed by atoms with Crippen molar-refractivity contribution in [3.05, 3.63) is 143 Å². The van der Waals surface area contributed by atoms with Gasteiger partial charge in [0.15, 0.2) is 5.75 Å². The number of esters is 3. The van der Waals surface area contributed by atoms with E-state index in [-0.39, 0.29) is 61.3 Å². The summed E-state index contributed by atoms with van der Waals surface area (Å²) in [5.74, 6) is -4.21. The first-order chi connectivity index (χ1) is 28.6. The minimum atomic E-state index is -1.08. The Balaban J connectivity index is 0.00000154. The predicted octanol–water partition coefficient (Wildman–Crippen LogP) is 11.9. The molecule has 0 fully saturated rings. The summed E-state index contributed by atoms with van der Waals surface area (Å²) in [6.45, 7) is 26.4. The van der Waals surface area contributed by atoms with Gasteiger partial charge in [0.05, 0.1) is 34.5 Å². The summed E-state index contributed by atoms with van der Waals surface area (Å²) < 4.78 is 22.3. The predicted molar refractivity (Wildman–Crippen MR) is 239 cm³/mol. The van der Waals surface area contributed by atoms with Crippen LogP contribution in [-0.2, 0) is 16.0 Å². The number of carboxylic acids is 1. The molecule has 1 atom stereocenters. The van der Waals surface area contributed by atoms with Crippen molar-refractivity contribution >= 4 is 45.5 Å². The topological polar surface area (TPSA) is 175 Å². The van der Waals surface area contributed by atoms with E-state index in [0.29, 0.717) is 68.5 Å². The molecule has 0 bridgehead atoms. The van der Waals surface area contributed by atoms with Crippen molar-refractivity contribution < 1.29 is 48.3 Å². The summed E-state index contributed by atoms with van der Waals surface area (Å²) in [4.78, 5) is 65.7. The smallest absolute Gasteiger partial charge is 0.346 e. The molecule has 0 aliphatic heterocycles. The van der Waals surface area contributed by atoms with Crippen LogP contribution in [0.3, 0.4) is 0 Å². The monoisotopic (exact) mass is 899 g/mol. The molecule has 0 saturated carbocycles. The summed E-state index contributed by atoms with van der Waals surface area (Å²) in [5, 5.41) is 23.5. The number of benzene rings is 3. The average Bonchev–Trinajstić information content (AvgIpc) is 3.18. The van der Waals surface area contributed by atoms with Crippen LogP contribution in [-0.4, -0.2) is 41.2 Å². The van der Waals surface area contributed by atoms with Crippen molar-refractivity contribution in [3.63, 3.8) is 0 Å². The lowest BCUT2D eigenvalue weighted by atomic mass is 9.88. The Morgan fingerprint density at radius 2 is 1.39 bits per heavy atom. The zero-order valence-electron chi connectivity index (χ0n) is 36.8. The van der Waals surface area contributed by atoms with E-state index >= 15 is 0 Å². The second-order valence-corrected chi connectivity index (χ2v) is 15.9. The molecule has 0 spiro atoms. The van der Waals surface area contributed by atoms with Crippen LogP contribution in [0.4, 0.5) is 5.69 Å². The third kappa shape index (κ3) is 10.6. The normalized spacial score (nSPS) is 13.5. The molecule has 1 aliphatic rings. The van der Waals surface area contributed by atoms with Gasteiger partial charge in [0.1, 0.15) is 28.9 Å². The molecule has 12 nitrogen and oxygen atoms in total. The highest BCUT2D eigenvalue weighted by molar-refractivity contribution is 9.10. The number of carbonyl (C=O) groups is 4. The van der Waals surface area contributed by atoms with Crippen molar-refractivity contribution in [2.75, 3.05) is 7.11 Å². The van der Waals surface area contributed by atoms with Crippen molar-refractivity contribution in [2.45, 2.75) is 89.0 Å². The number of aryl methyl sites for hydroxylation is 1. The molecule has 3 aromatic rings. The molecule has 13 heteroatoms. The van der Waals surface area contributed by atoms with Crippen LogP contribution in [0.15, 0.2) is 76.3 Å². The van der Waals surface area contributed by atoms with E-state index in [4.69, 9.17) is 14.2 Å². The van der Waals surface area contributed by atoms with Gasteiger partial charge in [0, 0.05) is 0 Å². The number of carbonyl (C=O) groups excluding carboxylic acids is 3. The number of nitroso groups, excluding NO2 is 1. The molecule has 4 rings (SSSR count). The molecule has 0 heterocycles. The Morgan fingerprint density at radius 1 is 0.836 bits per heavy atom. The summed E-state index contributed by atoms with van der Waals surface area (Å²) in [5.41, 5.74) is 5.33. The second kappa shape index (κ2) is 20.9. The van der Waals surface area contributed by atoms with Gasteiger partial charge in [-0.15, -0.1) is 4.91 Å². The molecule has 1 aliphatic carbocycles. The van der Waals surface area contributed by atoms with E-state index in [1.165, 1.54) is 6.08 Å². The molecule has 3 aromatic carbocycles. The standard InChI is InChI=1S/C43H46BrNO10.C5H8O/c1-13-28-15-19(4)16-30(46)35(28)43(51)55-39-26(11)23(8)34(37(45-52)36(39)44)42(50)53-31-17-20(5)32(27(12)29(31)14-18(2)3)41(49)54-38-24(9)21(6)33(40(47)48)22(7)25(38)10;1-3-4-5-6-2/h15-18,35,46H,4,13-14H2,1-3,5-12H3,(H,47,48);3-5H,1H2,2H3/b;5-4+. The SMILES string of the molecule is C=C/C=C/OC.C=C1C=C(O)C(C(=O)Oc2c(C)c(C)c(C(=O)Oc3cc(C)c(C(=O)Oc4c(C)c(C)c(C(=O)O)c(C)c4C)c(C)c3CC(C)C)c(N=O)c2Br)C(CC)=C1. The number of aliphatic hydroxyl groups excluding tert-OH is 1. The number of aliphatic hydroxyl groups is 1. The van der Waals surface area contributed by atoms with Gasteiger partial charge in [-0.25, -0.2) is 14.4 Å². The van der Waals surface area contributed by atoms with Crippen LogP contribution in [0.2, 0.25) is 0 Å². The Morgan fingerprint density at radius 3 is 1.89 bits per heavy atom. The molecule has 61 heavy (non-hydrogen) atoms. The van der Waals surface area contributed by atoms with Crippen molar-refractivity contribution in [3.8, 4) is 17.2 Å². The first kappa shape index (κ1) is 49.3. The van der Waals surface area contributed by atoms with Gasteiger partial charge in [0.25, 0.3) is 0 Å². The fourth-order valence-corrected chi connectivity index (χ4v) is 7.82. The third-order valence-corrected chi connectivity index (χ3v) is 11.4. The molecule has 0 amide bonds. The fraction of sp³-hybridized carbons (Fsp3) is 0.333. The number of ether oxygens (including phenoxy) is 4. The van der Waals surface area contributed by atoms with Gasteiger partial charge < -0.3 is 29.2 Å². The van der Waals surface area contributed by atoms with Crippen LogP contribution >= 0.6 is 15.9 Å². The summed E-state index contributed by atoms with van der Waals surface area (Å²) in [6, 6.07) is 1.57. The molecular formula is C48H54BrNO11.